The first-order valence-corrected chi connectivity index (χ1v) is 15.8. The molecule has 9 heteroatoms. The van der Waals surface area contributed by atoms with Gasteiger partial charge in [0.25, 0.3) is 5.56 Å². The predicted octanol–water partition coefficient (Wildman–Crippen LogP) is 6.04. The van der Waals surface area contributed by atoms with Gasteiger partial charge in [-0.15, -0.1) is 0 Å². The van der Waals surface area contributed by atoms with Crippen LogP contribution in [0.5, 0.6) is 5.75 Å². The van der Waals surface area contributed by atoms with Gasteiger partial charge in [-0.25, -0.2) is 14.2 Å². The van der Waals surface area contributed by atoms with Crippen LogP contribution in [0.25, 0.3) is 17.0 Å². The molecular formula is C36H34FN3O4S. The maximum Gasteiger partial charge on any atom is 0.338 e. The van der Waals surface area contributed by atoms with E-state index in [-0.39, 0.29) is 17.5 Å². The molecule has 230 valence electrons. The second-order valence-electron chi connectivity index (χ2n) is 11.3. The Labute approximate surface area is 264 Å². The monoisotopic (exact) mass is 623 g/mol. The maximum atomic E-state index is 14.3. The number of benzene rings is 3. The van der Waals surface area contributed by atoms with Crippen molar-refractivity contribution in [3.63, 3.8) is 0 Å². The summed E-state index contributed by atoms with van der Waals surface area (Å²) in [5.41, 5.74) is 5.24. The Balaban J connectivity index is 1.52. The molecule has 6 rings (SSSR count). The Hall–Kier alpha value is -4.76. The van der Waals surface area contributed by atoms with Gasteiger partial charge in [0.05, 0.1) is 34.6 Å². The Morgan fingerprint density at radius 2 is 1.76 bits per heavy atom. The molecule has 45 heavy (non-hydrogen) atoms. The number of rotatable bonds is 8. The van der Waals surface area contributed by atoms with Crippen molar-refractivity contribution in [2.45, 2.75) is 53.3 Å². The number of carbonyl (C=O) groups excluding carboxylic acids is 1. The number of aromatic nitrogens is 2. The molecule has 0 spiro atoms. The number of fused-ring (bicyclic) bond motifs is 2. The zero-order chi connectivity index (χ0) is 31.8. The lowest BCUT2D eigenvalue weighted by Gasteiger charge is -2.25. The summed E-state index contributed by atoms with van der Waals surface area (Å²) in [5, 5.41) is 1.00. The highest BCUT2D eigenvalue weighted by Crippen LogP contribution is 2.32. The van der Waals surface area contributed by atoms with Crippen LogP contribution in [0.1, 0.15) is 56.1 Å². The van der Waals surface area contributed by atoms with E-state index >= 15 is 0 Å². The molecule has 1 aliphatic rings. The van der Waals surface area contributed by atoms with Crippen LogP contribution in [-0.2, 0) is 16.1 Å². The van der Waals surface area contributed by atoms with Gasteiger partial charge in [-0.2, -0.15) is 0 Å². The highest BCUT2D eigenvalue weighted by molar-refractivity contribution is 7.07. The molecule has 1 aliphatic heterocycles. The average Bonchev–Trinajstić information content (AvgIpc) is 3.46. The third-order valence-corrected chi connectivity index (χ3v) is 8.88. The van der Waals surface area contributed by atoms with E-state index in [1.807, 2.05) is 68.5 Å². The number of allylic oxidation sites excluding steroid dienone is 1. The number of hydrogen-bond donors (Lipinski definition) is 0. The minimum Gasteiger partial charge on any atom is -0.494 e. The standard InChI is InChI=1S/C36H34FN3O4S/c1-6-43-27-17-13-25(14-18-27)33-32(35(42)44-21(2)3)22(4)38-36-40(33)34(41)31(45-36)19-29-23(5)39(30-10-8-7-9-28(29)30)20-24-11-15-26(37)16-12-24/h7-19,21,33H,6,20H2,1-5H3/b31-19+/t33-/m0/s1. The molecule has 0 radical (unpaired) electrons. The fourth-order valence-corrected chi connectivity index (χ4v) is 6.86. The molecule has 0 amide bonds. The van der Waals surface area contributed by atoms with E-state index in [2.05, 4.69) is 4.57 Å². The molecular weight excluding hydrogens is 589 g/mol. The molecule has 0 saturated carbocycles. The lowest BCUT2D eigenvalue weighted by atomic mass is 9.96. The maximum absolute atomic E-state index is 14.3. The average molecular weight is 624 g/mol. The summed E-state index contributed by atoms with van der Waals surface area (Å²) in [6.07, 6.45) is 1.59. The van der Waals surface area contributed by atoms with Crippen molar-refractivity contribution >= 4 is 34.3 Å². The van der Waals surface area contributed by atoms with Gasteiger partial charge in [-0.05, 0) is 82.2 Å². The minimum atomic E-state index is -0.716. The van der Waals surface area contributed by atoms with Crippen molar-refractivity contribution in [3.05, 3.63) is 132 Å². The summed E-state index contributed by atoms with van der Waals surface area (Å²) in [6.45, 7) is 10.4. The van der Waals surface area contributed by atoms with Crippen LogP contribution in [0.3, 0.4) is 0 Å². The second-order valence-corrected chi connectivity index (χ2v) is 12.3. The number of esters is 1. The second kappa shape index (κ2) is 12.3. The molecule has 2 aromatic heterocycles. The van der Waals surface area contributed by atoms with Gasteiger partial charge in [0.2, 0.25) is 0 Å². The summed E-state index contributed by atoms with van der Waals surface area (Å²) in [6, 6.07) is 21.3. The van der Waals surface area contributed by atoms with Gasteiger partial charge >= 0.3 is 5.97 Å². The highest BCUT2D eigenvalue weighted by Gasteiger charge is 2.34. The molecule has 3 aromatic carbocycles. The highest BCUT2D eigenvalue weighted by atomic mass is 32.1. The Kier molecular flexibility index (Phi) is 8.29. The SMILES string of the molecule is CCOc1ccc([C@H]2C(C(=O)OC(C)C)=C(C)N=c3s/c(=C/c4c(C)n(Cc5ccc(F)cc5)c5ccccc45)c(=O)n32)cc1. The minimum absolute atomic E-state index is 0.241. The smallest absolute Gasteiger partial charge is 0.338 e. The third kappa shape index (κ3) is 5.76. The first-order valence-electron chi connectivity index (χ1n) is 14.9. The molecule has 3 heterocycles. The zero-order valence-corrected chi connectivity index (χ0v) is 26.7. The zero-order valence-electron chi connectivity index (χ0n) is 25.8. The van der Waals surface area contributed by atoms with Crippen LogP contribution in [0.15, 0.2) is 93.9 Å². The fraction of sp³-hybridized carbons (Fsp3) is 0.250. The van der Waals surface area contributed by atoms with Crippen LogP contribution in [0, 0.1) is 12.7 Å². The van der Waals surface area contributed by atoms with Crippen LogP contribution < -0.4 is 19.6 Å². The van der Waals surface area contributed by atoms with Gasteiger partial charge in [-0.1, -0.05) is 53.8 Å². The first kappa shape index (κ1) is 30.3. The van der Waals surface area contributed by atoms with Gasteiger partial charge in [-0.3, -0.25) is 9.36 Å². The molecule has 7 nitrogen and oxygen atoms in total. The Bertz CT molecular complexity index is 2120. The van der Waals surface area contributed by atoms with E-state index < -0.39 is 12.0 Å². The van der Waals surface area contributed by atoms with Gasteiger partial charge in [0, 0.05) is 28.7 Å². The molecule has 1 atom stereocenters. The van der Waals surface area contributed by atoms with Crippen LogP contribution in [0.2, 0.25) is 0 Å². The van der Waals surface area contributed by atoms with Crippen molar-refractivity contribution < 1.29 is 18.7 Å². The van der Waals surface area contributed by atoms with Crippen molar-refractivity contribution in [3.8, 4) is 5.75 Å². The molecule has 0 saturated heterocycles. The molecule has 0 unspecified atom stereocenters. The predicted molar refractivity (Wildman–Crippen MR) is 175 cm³/mol. The number of ether oxygens (including phenoxy) is 2. The molecule has 0 fully saturated rings. The fourth-order valence-electron chi connectivity index (χ4n) is 5.84. The van der Waals surface area contributed by atoms with E-state index in [1.54, 1.807) is 37.5 Å². The number of halogens is 1. The molecule has 0 N–H and O–H groups in total. The first-order chi connectivity index (χ1) is 21.7. The van der Waals surface area contributed by atoms with Gasteiger partial charge < -0.3 is 14.0 Å². The van der Waals surface area contributed by atoms with Crippen molar-refractivity contribution in [2.75, 3.05) is 6.61 Å². The summed E-state index contributed by atoms with van der Waals surface area (Å²) in [4.78, 5) is 33.0. The van der Waals surface area contributed by atoms with Crippen molar-refractivity contribution in [2.24, 2.45) is 4.99 Å². The van der Waals surface area contributed by atoms with E-state index in [0.717, 1.165) is 33.3 Å². The molecule has 0 bridgehead atoms. The third-order valence-electron chi connectivity index (χ3n) is 7.90. The molecule has 5 aromatic rings. The summed E-state index contributed by atoms with van der Waals surface area (Å²) < 4.78 is 29.1. The number of hydrogen-bond acceptors (Lipinski definition) is 6. The van der Waals surface area contributed by atoms with Crippen LogP contribution in [0.4, 0.5) is 4.39 Å². The number of carbonyl (C=O) groups is 1. The summed E-state index contributed by atoms with van der Waals surface area (Å²) >= 11 is 1.30. The Morgan fingerprint density at radius 3 is 2.44 bits per heavy atom. The van der Waals surface area contributed by atoms with E-state index in [1.165, 1.54) is 23.5 Å². The normalized spacial score (nSPS) is 15.0. The summed E-state index contributed by atoms with van der Waals surface area (Å²) in [5.74, 6) is -0.0735. The van der Waals surface area contributed by atoms with E-state index in [0.29, 0.717) is 39.5 Å². The Morgan fingerprint density at radius 1 is 1.04 bits per heavy atom. The lowest BCUT2D eigenvalue weighted by Crippen LogP contribution is -2.40. The van der Waals surface area contributed by atoms with Gasteiger partial charge in [0.15, 0.2) is 4.80 Å². The number of thiazole rings is 1. The summed E-state index contributed by atoms with van der Waals surface area (Å²) in [7, 11) is 0. The topological polar surface area (TPSA) is 74.8 Å². The largest absolute Gasteiger partial charge is 0.494 e. The van der Waals surface area contributed by atoms with Crippen molar-refractivity contribution in [1.82, 2.24) is 9.13 Å². The molecule has 0 aliphatic carbocycles. The van der Waals surface area contributed by atoms with Crippen molar-refractivity contribution in [1.29, 1.82) is 0 Å². The van der Waals surface area contributed by atoms with E-state index in [4.69, 9.17) is 14.5 Å². The van der Waals surface area contributed by atoms with Crippen LogP contribution >= 0.6 is 11.3 Å². The van der Waals surface area contributed by atoms with Crippen LogP contribution in [-0.4, -0.2) is 27.8 Å². The number of para-hydroxylation sites is 1. The van der Waals surface area contributed by atoms with E-state index in [9.17, 15) is 14.0 Å². The quantitative estimate of drug-likeness (QED) is 0.198. The van der Waals surface area contributed by atoms with Gasteiger partial charge in [0.1, 0.15) is 11.6 Å². The lowest BCUT2D eigenvalue weighted by molar-refractivity contribution is -0.143. The number of nitrogens with zero attached hydrogens (tertiary/aromatic N) is 3.